The number of rotatable bonds is 3. The minimum Gasteiger partial charge on any atom is -0.445 e. The van der Waals surface area contributed by atoms with Gasteiger partial charge >= 0.3 is 12.2 Å². The predicted octanol–water partition coefficient (Wildman–Crippen LogP) is 5.23. The van der Waals surface area contributed by atoms with Crippen molar-refractivity contribution in [1.82, 2.24) is 0 Å². The average Bonchev–Trinajstić information content (AvgIpc) is 3.44. The third-order valence-corrected chi connectivity index (χ3v) is 12.5. The predicted molar refractivity (Wildman–Crippen MR) is 175 cm³/mol. The molecular weight excluding hydrogens is 596 g/mol. The van der Waals surface area contributed by atoms with Crippen molar-refractivity contribution >= 4 is 29.3 Å². The molecule has 8 rings (SSSR count). The van der Waals surface area contributed by atoms with Crippen LogP contribution in [0.3, 0.4) is 0 Å². The van der Waals surface area contributed by atoms with Crippen molar-refractivity contribution < 1.29 is 34.1 Å². The first-order chi connectivity index (χ1) is 22.4. The van der Waals surface area contributed by atoms with Crippen LogP contribution in [0.25, 0.3) is 0 Å². The Morgan fingerprint density at radius 3 is 2.19 bits per heavy atom. The van der Waals surface area contributed by atoms with Crippen molar-refractivity contribution in [2.45, 2.75) is 64.8 Å². The maximum atomic E-state index is 14.9. The summed E-state index contributed by atoms with van der Waals surface area (Å²) in [5.41, 5.74) is 0.566. The minimum absolute atomic E-state index is 0.0129. The summed E-state index contributed by atoms with van der Waals surface area (Å²) in [5, 5.41) is 25.4. The van der Waals surface area contributed by atoms with Crippen molar-refractivity contribution in [1.29, 1.82) is 0 Å². The number of amides is 2. The lowest BCUT2D eigenvalue weighted by atomic mass is 9.59. The van der Waals surface area contributed by atoms with Gasteiger partial charge in [-0.3, -0.25) is 14.6 Å². The summed E-state index contributed by atoms with van der Waals surface area (Å²) in [4.78, 5) is 45.3. The van der Waals surface area contributed by atoms with E-state index >= 15 is 0 Å². The SMILES string of the molecule is CC1=C[C@]23C(=O)[C@@H](C=C(COC(=O)N4CCc5ccccc54)[C@@H](O)[C@]2(O)[C@H]1OC(=O)N1CCc2ccccc21)[C@H]1[C@@H](C[C@H]3C)C1(C)C. The Balaban J connectivity index is 1.15. The fourth-order valence-electron chi connectivity index (χ4n) is 10.0. The molecule has 1 spiro atoms. The van der Waals surface area contributed by atoms with Gasteiger partial charge in [-0.15, -0.1) is 0 Å². The highest BCUT2D eigenvalue weighted by Crippen LogP contribution is 2.71. The van der Waals surface area contributed by atoms with E-state index in [1.807, 2.05) is 55.5 Å². The van der Waals surface area contributed by atoms with Crippen LogP contribution in [0.15, 0.2) is 71.8 Å². The van der Waals surface area contributed by atoms with E-state index in [0.717, 1.165) is 22.5 Å². The number of nitrogens with zero attached hydrogens (tertiary/aromatic N) is 2. The zero-order chi connectivity index (χ0) is 33.0. The number of allylic oxidation sites excluding steroid dienone is 1. The van der Waals surface area contributed by atoms with E-state index in [2.05, 4.69) is 13.8 Å². The van der Waals surface area contributed by atoms with E-state index < -0.39 is 41.3 Å². The van der Waals surface area contributed by atoms with Crippen molar-refractivity contribution in [2.75, 3.05) is 29.5 Å². The normalized spacial score (nSPS) is 35.8. The number of benzene rings is 2. The monoisotopic (exact) mass is 638 g/mol. The molecule has 2 heterocycles. The second-order valence-corrected chi connectivity index (χ2v) is 15.1. The Kier molecular flexibility index (Phi) is 6.64. The molecule has 2 aromatic rings. The first kappa shape index (κ1) is 30.4. The molecule has 246 valence electrons. The Morgan fingerprint density at radius 2 is 1.55 bits per heavy atom. The molecule has 9 heteroatoms. The number of fused-ring (bicyclic) bond motifs is 5. The van der Waals surface area contributed by atoms with Gasteiger partial charge in [0.25, 0.3) is 0 Å². The molecule has 6 aliphatic rings. The lowest BCUT2D eigenvalue weighted by Crippen LogP contribution is -2.66. The number of anilines is 2. The second kappa shape index (κ2) is 10.3. The summed E-state index contributed by atoms with van der Waals surface area (Å²) in [6, 6.07) is 15.3. The number of Topliss-reactive ketones (excluding diaryl/α,β-unsaturated/α-hetero) is 1. The maximum Gasteiger partial charge on any atom is 0.415 e. The zero-order valence-corrected chi connectivity index (χ0v) is 27.3. The molecule has 2 saturated carbocycles. The van der Waals surface area contributed by atoms with Gasteiger partial charge in [-0.25, -0.2) is 9.59 Å². The number of aliphatic hydroxyl groups is 2. The fourth-order valence-corrected chi connectivity index (χ4v) is 10.0. The van der Waals surface area contributed by atoms with Gasteiger partial charge in [-0.1, -0.05) is 69.3 Å². The molecule has 2 amide bonds. The third-order valence-electron chi connectivity index (χ3n) is 12.5. The summed E-state index contributed by atoms with van der Waals surface area (Å²) in [6.07, 6.45) is 1.45. The van der Waals surface area contributed by atoms with E-state index in [9.17, 15) is 24.6 Å². The lowest BCUT2D eigenvalue weighted by molar-refractivity contribution is -0.189. The topological polar surface area (TPSA) is 117 Å². The van der Waals surface area contributed by atoms with Crippen LogP contribution < -0.4 is 9.80 Å². The van der Waals surface area contributed by atoms with E-state index in [1.54, 1.807) is 28.9 Å². The molecule has 0 aromatic heterocycles. The molecule has 47 heavy (non-hydrogen) atoms. The first-order valence-corrected chi connectivity index (χ1v) is 16.8. The molecule has 2 fully saturated rings. The van der Waals surface area contributed by atoms with E-state index in [0.29, 0.717) is 37.9 Å². The quantitative estimate of drug-likeness (QED) is 0.443. The average molecular weight is 639 g/mol. The van der Waals surface area contributed by atoms with Crippen LogP contribution in [0.5, 0.6) is 0 Å². The number of hydrogen-bond donors (Lipinski definition) is 2. The number of ether oxygens (including phenoxy) is 2. The summed E-state index contributed by atoms with van der Waals surface area (Å²) in [6.45, 7) is 8.64. The maximum absolute atomic E-state index is 14.9. The van der Waals surface area contributed by atoms with Crippen LogP contribution in [0.1, 0.15) is 45.2 Å². The van der Waals surface area contributed by atoms with Crippen LogP contribution >= 0.6 is 0 Å². The van der Waals surface area contributed by atoms with Crippen molar-refractivity contribution in [3.05, 3.63) is 83.0 Å². The highest BCUT2D eigenvalue weighted by molar-refractivity contribution is 5.96. The van der Waals surface area contributed by atoms with Crippen molar-refractivity contribution in [3.63, 3.8) is 0 Å². The second-order valence-electron chi connectivity index (χ2n) is 15.1. The number of para-hydroxylation sites is 2. The molecule has 9 nitrogen and oxygen atoms in total. The van der Waals surface area contributed by atoms with E-state index in [1.165, 1.54) is 0 Å². The van der Waals surface area contributed by atoms with Crippen LogP contribution in [-0.2, 0) is 27.1 Å². The number of hydrogen-bond acceptors (Lipinski definition) is 7. The standard InChI is InChI=1S/C38H42N2O7/c1-21-19-37-22(2)17-27-30(36(27,3)4)26(32(37)42)18-25(20-46-34(43)39-15-13-23-9-5-7-11-28(23)39)31(41)38(37,45)33(21)47-35(44)40-16-14-24-10-6-8-12-29(24)40/h5-12,18-19,22,26-27,30-31,33,41,45H,13-17,20H2,1-4H3/t22-,26+,27-,30+,31-,33+,37+,38+/m1/s1. The van der Waals surface area contributed by atoms with Gasteiger partial charge in [0.15, 0.2) is 17.5 Å². The van der Waals surface area contributed by atoms with Crippen molar-refractivity contribution in [3.8, 4) is 0 Å². The van der Waals surface area contributed by atoms with Crippen molar-refractivity contribution in [2.24, 2.45) is 34.5 Å². The Hall–Kier alpha value is -3.95. The molecule has 0 saturated heterocycles. The third kappa shape index (κ3) is 4.05. The summed E-state index contributed by atoms with van der Waals surface area (Å²) >= 11 is 0. The fraction of sp³-hybridized carbons (Fsp3) is 0.500. The first-order valence-electron chi connectivity index (χ1n) is 16.8. The van der Waals surface area contributed by atoms with Gasteiger partial charge in [-0.2, -0.15) is 0 Å². The molecule has 2 aromatic carbocycles. The number of ketones is 1. The molecule has 0 radical (unpaired) electrons. The van der Waals surface area contributed by atoms with Gasteiger partial charge in [0.05, 0.1) is 16.8 Å². The van der Waals surface area contributed by atoms with Crippen LogP contribution in [0.2, 0.25) is 0 Å². The van der Waals surface area contributed by atoms with Gasteiger partial charge in [-0.05, 0) is 83.8 Å². The van der Waals surface area contributed by atoms with Gasteiger partial charge in [0.1, 0.15) is 12.7 Å². The Bertz CT molecular complexity index is 1760. The van der Waals surface area contributed by atoms with Crippen LogP contribution in [0, 0.1) is 34.5 Å². The number of aliphatic hydroxyl groups excluding tert-OH is 1. The minimum atomic E-state index is -2.21. The highest BCUT2D eigenvalue weighted by atomic mass is 16.6. The molecule has 2 N–H and O–H groups in total. The molecule has 2 bridgehead atoms. The summed E-state index contributed by atoms with van der Waals surface area (Å²) < 4.78 is 12.0. The Labute approximate surface area is 274 Å². The van der Waals surface area contributed by atoms with E-state index in [-0.39, 0.29) is 41.1 Å². The number of carbonyl (C=O) groups excluding carboxylic acids is 3. The lowest BCUT2D eigenvalue weighted by Gasteiger charge is -2.49. The molecule has 4 aliphatic carbocycles. The van der Waals surface area contributed by atoms with E-state index in [4.69, 9.17) is 9.47 Å². The van der Waals surface area contributed by atoms with Crippen LogP contribution in [-0.4, -0.2) is 65.7 Å². The highest BCUT2D eigenvalue weighted by Gasteiger charge is 2.76. The molecule has 2 aliphatic heterocycles. The smallest absolute Gasteiger partial charge is 0.415 e. The van der Waals surface area contributed by atoms with Crippen LogP contribution in [0.4, 0.5) is 21.0 Å². The summed E-state index contributed by atoms with van der Waals surface area (Å²) in [5.74, 6) is -0.879. The zero-order valence-electron chi connectivity index (χ0n) is 27.3. The molecule has 8 atom stereocenters. The Morgan fingerprint density at radius 1 is 0.957 bits per heavy atom. The van der Waals surface area contributed by atoms with Gasteiger partial charge < -0.3 is 19.7 Å². The summed E-state index contributed by atoms with van der Waals surface area (Å²) in [7, 11) is 0. The largest absolute Gasteiger partial charge is 0.445 e. The van der Waals surface area contributed by atoms with Gasteiger partial charge in [0.2, 0.25) is 0 Å². The van der Waals surface area contributed by atoms with Gasteiger partial charge in [0, 0.05) is 19.0 Å². The number of carbonyl (C=O) groups is 3. The molecular formula is C38H42N2O7. The molecule has 0 unspecified atom stereocenters.